The fourth-order valence-electron chi connectivity index (χ4n) is 4.03. The molecule has 0 saturated heterocycles. The Morgan fingerprint density at radius 2 is 1.00 bits per heavy atom. The molecule has 0 aliphatic rings. The third kappa shape index (κ3) is 9.75. The first-order valence-corrected chi connectivity index (χ1v) is 13.5. The van der Waals surface area contributed by atoms with Gasteiger partial charge in [0.2, 0.25) is 0 Å². The highest BCUT2D eigenvalue weighted by molar-refractivity contribution is 5.99. The fraction of sp³-hybridized carbons (Fsp3) is 0.533. The first-order chi connectivity index (χ1) is 17.5. The Kier molecular flexibility index (Phi) is 13.8. The van der Waals surface area contributed by atoms with Crippen molar-refractivity contribution in [1.82, 2.24) is 10.6 Å². The Hall–Kier alpha value is -2.70. The zero-order valence-corrected chi connectivity index (χ0v) is 22.5. The predicted molar refractivity (Wildman–Crippen MR) is 146 cm³/mol. The second-order valence-corrected chi connectivity index (χ2v) is 9.06. The van der Waals surface area contributed by atoms with Gasteiger partial charge in [-0.25, -0.2) is 0 Å². The van der Waals surface area contributed by atoms with Gasteiger partial charge >= 0.3 is 0 Å². The van der Waals surface area contributed by atoms with Crippen LogP contribution in [-0.2, 0) is 0 Å². The maximum atomic E-state index is 13.4. The van der Waals surface area contributed by atoms with E-state index < -0.39 is 0 Å². The quantitative estimate of drug-likeness (QED) is 0.248. The number of Topliss-reactive ketones (excluding diaryl/α,β-unsaturated/α-hetero) is 2. The summed E-state index contributed by atoms with van der Waals surface area (Å²) in [5.41, 5.74) is 1.36. The van der Waals surface area contributed by atoms with E-state index in [0.29, 0.717) is 50.3 Å². The van der Waals surface area contributed by atoms with Crippen molar-refractivity contribution in [3.05, 3.63) is 59.7 Å². The van der Waals surface area contributed by atoms with Gasteiger partial charge in [-0.3, -0.25) is 9.59 Å². The molecule has 2 rings (SSSR count). The van der Waals surface area contributed by atoms with Gasteiger partial charge in [-0.1, -0.05) is 27.7 Å². The van der Waals surface area contributed by atoms with Gasteiger partial charge in [0.05, 0.1) is 13.2 Å². The van der Waals surface area contributed by atoms with Crippen LogP contribution in [0, 0.1) is 11.8 Å². The molecule has 6 nitrogen and oxygen atoms in total. The van der Waals surface area contributed by atoms with Crippen molar-refractivity contribution in [2.75, 3.05) is 39.4 Å². The Morgan fingerprint density at radius 1 is 0.639 bits per heavy atom. The van der Waals surface area contributed by atoms with Crippen LogP contribution in [0.25, 0.3) is 0 Å². The average Bonchev–Trinajstić information content (AvgIpc) is 2.92. The molecule has 0 aliphatic heterocycles. The molecule has 0 bridgehead atoms. The van der Waals surface area contributed by atoms with Crippen molar-refractivity contribution < 1.29 is 19.1 Å². The SMILES string of the molecule is CCCOc1ccc(C(=O)[C@H](CC[C@@H](CNCC)C(=O)c2ccc(OCCC)cc2)CNCC)cc1. The smallest absolute Gasteiger partial charge is 0.167 e. The van der Waals surface area contributed by atoms with E-state index in [2.05, 4.69) is 24.5 Å². The van der Waals surface area contributed by atoms with Crippen molar-refractivity contribution in [1.29, 1.82) is 0 Å². The van der Waals surface area contributed by atoms with Crippen LogP contribution < -0.4 is 20.1 Å². The van der Waals surface area contributed by atoms with E-state index in [0.717, 1.165) is 37.4 Å². The van der Waals surface area contributed by atoms with Crippen LogP contribution in [0.1, 0.15) is 74.1 Å². The van der Waals surface area contributed by atoms with E-state index >= 15 is 0 Å². The lowest BCUT2D eigenvalue weighted by Crippen LogP contribution is -2.32. The summed E-state index contributed by atoms with van der Waals surface area (Å²) < 4.78 is 11.3. The van der Waals surface area contributed by atoms with E-state index in [1.165, 1.54) is 0 Å². The maximum Gasteiger partial charge on any atom is 0.167 e. The minimum atomic E-state index is -0.200. The number of hydrogen-bond donors (Lipinski definition) is 2. The highest BCUT2D eigenvalue weighted by Crippen LogP contribution is 2.23. The molecule has 2 atom stereocenters. The molecule has 0 aliphatic carbocycles. The van der Waals surface area contributed by atoms with Gasteiger partial charge in [0, 0.05) is 36.1 Å². The number of rotatable bonds is 19. The maximum absolute atomic E-state index is 13.4. The van der Waals surface area contributed by atoms with Gasteiger partial charge in [-0.05, 0) is 87.3 Å². The molecule has 0 unspecified atom stereocenters. The van der Waals surface area contributed by atoms with Gasteiger partial charge in [0.25, 0.3) is 0 Å². The van der Waals surface area contributed by atoms with E-state index in [1.807, 2.05) is 62.4 Å². The number of ether oxygens (including phenoxy) is 2. The van der Waals surface area contributed by atoms with Gasteiger partial charge in [-0.15, -0.1) is 0 Å². The largest absolute Gasteiger partial charge is 0.494 e. The van der Waals surface area contributed by atoms with Crippen molar-refractivity contribution in [2.45, 2.75) is 53.4 Å². The van der Waals surface area contributed by atoms with E-state index in [1.54, 1.807) is 0 Å². The number of carbonyl (C=O) groups excluding carboxylic acids is 2. The summed E-state index contributed by atoms with van der Waals surface area (Å²) in [5, 5.41) is 6.66. The number of ketones is 2. The Morgan fingerprint density at radius 3 is 1.31 bits per heavy atom. The molecule has 0 radical (unpaired) electrons. The molecule has 198 valence electrons. The van der Waals surface area contributed by atoms with Gasteiger partial charge in [-0.2, -0.15) is 0 Å². The summed E-state index contributed by atoms with van der Waals surface area (Å²) >= 11 is 0. The third-order valence-corrected chi connectivity index (χ3v) is 6.11. The standard InChI is InChI=1S/C30H44N2O4/c1-5-19-35-27-15-11-23(12-16-27)29(33)25(21-31-7-3)9-10-26(22-32-8-4)30(34)24-13-17-28(18-14-24)36-20-6-2/h11-18,25-26,31-32H,5-10,19-22H2,1-4H3/t25-,26+. The fourth-order valence-corrected chi connectivity index (χ4v) is 4.03. The molecule has 2 aromatic rings. The monoisotopic (exact) mass is 496 g/mol. The number of carbonyl (C=O) groups is 2. The molecule has 6 heteroatoms. The number of benzene rings is 2. The van der Waals surface area contributed by atoms with Crippen LogP contribution in [0.4, 0.5) is 0 Å². The van der Waals surface area contributed by atoms with Crippen LogP contribution >= 0.6 is 0 Å². The Bertz CT molecular complexity index is 821. The van der Waals surface area contributed by atoms with Crippen LogP contribution in [0.5, 0.6) is 11.5 Å². The van der Waals surface area contributed by atoms with Crippen molar-refractivity contribution in [3.63, 3.8) is 0 Å². The summed E-state index contributed by atoms with van der Waals surface area (Å²) in [4.78, 5) is 26.7. The lowest BCUT2D eigenvalue weighted by Gasteiger charge is -2.21. The van der Waals surface area contributed by atoms with E-state index in [-0.39, 0.29) is 23.4 Å². The topological polar surface area (TPSA) is 76.7 Å². The molecular formula is C30H44N2O4. The average molecular weight is 497 g/mol. The van der Waals surface area contributed by atoms with Gasteiger partial charge in [0.1, 0.15) is 11.5 Å². The summed E-state index contributed by atoms with van der Waals surface area (Å²) in [6, 6.07) is 14.8. The zero-order valence-electron chi connectivity index (χ0n) is 22.5. The van der Waals surface area contributed by atoms with Crippen molar-refractivity contribution in [2.24, 2.45) is 11.8 Å². The molecule has 36 heavy (non-hydrogen) atoms. The highest BCUT2D eigenvalue weighted by Gasteiger charge is 2.25. The third-order valence-electron chi connectivity index (χ3n) is 6.11. The van der Waals surface area contributed by atoms with Crippen molar-refractivity contribution in [3.8, 4) is 11.5 Å². The van der Waals surface area contributed by atoms with Crippen LogP contribution in [0.15, 0.2) is 48.5 Å². The highest BCUT2D eigenvalue weighted by atomic mass is 16.5. The predicted octanol–water partition coefficient (Wildman–Crippen LogP) is 5.56. The molecule has 0 heterocycles. The molecular weight excluding hydrogens is 452 g/mol. The van der Waals surface area contributed by atoms with Crippen LogP contribution in [-0.4, -0.2) is 51.0 Å². The Labute approximate surface area is 217 Å². The molecule has 0 fully saturated rings. The second kappa shape index (κ2) is 16.9. The lowest BCUT2D eigenvalue weighted by molar-refractivity contribution is 0.0865. The second-order valence-electron chi connectivity index (χ2n) is 9.06. The molecule has 0 amide bonds. The molecule has 0 saturated carbocycles. The minimum Gasteiger partial charge on any atom is -0.494 e. The molecule has 2 aromatic carbocycles. The minimum absolute atomic E-state index is 0.102. The van der Waals surface area contributed by atoms with Gasteiger partial charge < -0.3 is 20.1 Å². The molecule has 0 aromatic heterocycles. The Balaban J connectivity index is 2.10. The first-order valence-electron chi connectivity index (χ1n) is 13.5. The normalized spacial score (nSPS) is 12.7. The van der Waals surface area contributed by atoms with Gasteiger partial charge in [0.15, 0.2) is 11.6 Å². The van der Waals surface area contributed by atoms with Crippen molar-refractivity contribution >= 4 is 11.6 Å². The van der Waals surface area contributed by atoms with E-state index in [4.69, 9.17) is 9.47 Å². The van der Waals surface area contributed by atoms with Crippen LogP contribution in [0.3, 0.4) is 0 Å². The zero-order chi connectivity index (χ0) is 26.2. The number of nitrogens with one attached hydrogen (secondary N) is 2. The lowest BCUT2D eigenvalue weighted by atomic mass is 9.86. The summed E-state index contributed by atoms with van der Waals surface area (Å²) in [5.74, 6) is 1.36. The summed E-state index contributed by atoms with van der Waals surface area (Å²) in [7, 11) is 0. The van der Waals surface area contributed by atoms with Crippen LogP contribution in [0.2, 0.25) is 0 Å². The molecule has 2 N–H and O–H groups in total. The van der Waals surface area contributed by atoms with E-state index in [9.17, 15) is 9.59 Å². The number of hydrogen-bond acceptors (Lipinski definition) is 6. The summed E-state index contributed by atoms with van der Waals surface area (Å²) in [6.07, 6.45) is 3.16. The summed E-state index contributed by atoms with van der Waals surface area (Å²) in [6.45, 7) is 12.3. The first kappa shape index (κ1) is 29.5. The molecule has 0 spiro atoms.